The Hall–Kier alpha value is -2.00. The van der Waals surface area contributed by atoms with Gasteiger partial charge in [-0.05, 0) is 18.6 Å². The molecule has 1 aromatic carbocycles. The molecule has 0 unspecified atom stereocenters. The molecule has 3 heteroatoms. The number of hydrogen-bond donors (Lipinski definition) is 2. The zero-order chi connectivity index (χ0) is 17.4. The molecule has 0 aliphatic heterocycles. The first-order valence-electron chi connectivity index (χ1n) is 7.80. The molecule has 0 aliphatic carbocycles. The highest BCUT2D eigenvalue weighted by molar-refractivity contribution is 5.40. The lowest BCUT2D eigenvalue weighted by molar-refractivity contribution is 0.352. The molecule has 124 valence electrons. The standard InChI is InChI=1S/C15H19NO2.2C2H6/c1-3-5-12(6-4-2)11-18-14-8-7-13(10-16)15(17)9-14;2*1-2/h3-9,17H,1,10-11,16H2,2H3;2*1-2H3/b6-4-,12-5+;;. The summed E-state index contributed by atoms with van der Waals surface area (Å²) in [6.45, 7) is 14.3. The van der Waals surface area contributed by atoms with Crippen molar-refractivity contribution in [1.29, 1.82) is 0 Å². The first-order valence-corrected chi connectivity index (χ1v) is 7.80. The van der Waals surface area contributed by atoms with Gasteiger partial charge in [-0.1, -0.05) is 64.6 Å². The van der Waals surface area contributed by atoms with E-state index in [2.05, 4.69) is 6.58 Å². The molecule has 22 heavy (non-hydrogen) atoms. The number of phenols is 1. The largest absolute Gasteiger partial charge is 0.507 e. The van der Waals surface area contributed by atoms with Crippen LogP contribution in [-0.4, -0.2) is 11.7 Å². The van der Waals surface area contributed by atoms with Crippen molar-refractivity contribution in [3.8, 4) is 11.5 Å². The van der Waals surface area contributed by atoms with Crippen molar-refractivity contribution in [3.63, 3.8) is 0 Å². The van der Waals surface area contributed by atoms with E-state index in [9.17, 15) is 5.11 Å². The highest BCUT2D eigenvalue weighted by Crippen LogP contribution is 2.23. The summed E-state index contributed by atoms with van der Waals surface area (Å²) in [5.74, 6) is 0.777. The Bertz CT molecular complexity index is 463. The summed E-state index contributed by atoms with van der Waals surface area (Å²) in [7, 11) is 0. The number of ether oxygens (including phenoxy) is 1. The number of rotatable bonds is 6. The number of nitrogens with two attached hydrogens (primary N) is 1. The van der Waals surface area contributed by atoms with Crippen molar-refractivity contribution in [2.45, 2.75) is 41.2 Å². The Morgan fingerprint density at radius 1 is 1.27 bits per heavy atom. The van der Waals surface area contributed by atoms with Gasteiger partial charge < -0.3 is 15.6 Å². The lowest BCUT2D eigenvalue weighted by Crippen LogP contribution is -2.01. The van der Waals surface area contributed by atoms with Crippen LogP contribution in [0.1, 0.15) is 40.2 Å². The van der Waals surface area contributed by atoms with Gasteiger partial charge in [0, 0.05) is 18.2 Å². The van der Waals surface area contributed by atoms with Crippen molar-refractivity contribution >= 4 is 0 Å². The average Bonchev–Trinajstić information content (AvgIpc) is 2.57. The van der Waals surface area contributed by atoms with E-state index in [1.54, 1.807) is 24.3 Å². The zero-order valence-corrected chi connectivity index (χ0v) is 14.6. The van der Waals surface area contributed by atoms with Crippen LogP contribution in [0, 0.1) is 0 Å². The van der Waals surface area contributed by atoms with Crippen LogP contribution in [0.15, 0.2) is 54.7 Å². The molecule has 0 bridgehead atoms. The highest BCUT2D eigenvalue weighted by Gasteiger charge is 2.02. The summed E-state index contributed by atoms with van der Waals surface area (Å²) in [4.78, 5) is 0. The quantitative estimate of drug-likeness (QED) is 0.729. The van der Waals surface area contributed by atoms with Gasteiger partial charge in [0.25, 0.3) is 0 Å². The molecule has 0 saturated carbocycles. The Labute approximate surface area is 135 Å². The van der Waals surface area contributed by atoms with E-state index >= 15 is 0 Å². The number of hydrogen-bond acceptors (Lipinski definition) is 3. The number of phenolic OH excluding ortho intramolecular Hbond substituents is 1. The van der Waals surface area contributed by atoms with E-state index in [0.717, 1.165) is 5.57 Å². The normalized spacial score (nSPS) is 10.2. The van der Waals surface area contributed by atoms with E-state index in [1.807, 2.05) is 52.8 Å². The summed E-state index contributed by atoms with van der Waals surface area (Å²) in [6.07, 6.45) is 7.49. The van der Waals surface area contributed by atoms with Crippen LogP contribution in [-0.2, 0) is 6.54 Å². The molecule has 0 atom stereocenters. The fourth-order valence-corrected chi connectivity index (χ4v) is 1.49. The first-order chi connectivity index (χ1) is 10.7. The van der Waals surface area contributed by atoms with E-state index < -0.39 is 0 Å². The third kappa shape index (κ3) is 9.03. The molecular weight excluding hydrogens is 274 g/mol. The van der Waals surface area contributed by atoms with E-state index in [4.69, 9.17) is 10.5 Å². The van der Waals surface area contributed by atoms with Gasteiger partial charge in [-0.25, -0.2) is 0 Å². The minimum absolute atomic E-state index is 0.162. The molecule has 0 aromatic heterocycles. The molecule has 1 aromatic rings. The van der Waals surface area contributed by atoms with Crippen LogP contribution in [0.4, 0.5) is 0 Å². The predicted molar refractivity (Wildman–Crippen MR) is 97.3 cm³/mol. The minimum Gasteiger partial charge on any atom is -0.507 e. The molecule has 0 fully saturated rings. The number of allylic oxidation sites excluding steroid dienone is 3. The number of benzene rings is 1. The first kappa shape index (κ1) is 22.3. The fourth-order valence-electron chi connectivity index (χ4n) is 1.49. The van der Waals surface area contributed by atoms with Crippen molar-refractivity contribution < 1.29 is 9.84 Å². The zero-order valence-electron chi connectivity index (χ0n) is 14.6. The lowest BCUT2D eigenvalue weighted by Gasteiger charge is -2.09. The third-order valence-corrected chi connectivity index (χ3v) is 2.39. The van der Waals surface area contributed by atoms with Gasteiger partial charge in [-0.15, -0.1) is 0 Å². The van der Waals surface area contributed by atoms with Crippen LogP contribution in [0.25, 0.3) is 0 Å². The fraction of sp³-hybridized carbons (Fsp3) is 0.368. The molecule has 0 aliphatic rings. The molecule has 1 rings (SSSR count). The van der Waals surface area contributed by atoms with Gasteiger partial charge in [-0.3, -0.25) is 0 Å². The summed E-state index contributed by atoms with van der Waals surface area (Å²) < 4.78 is 5.59. The summed E-state index contributed by atoms with van der Waals surface area (Å²) in [5, 5.41) is 9.66. The molecule has 3 N–H and O–H groups in total. The van der Waals surface area contributed by atoms with Crippen molar-refractivity contribution in [2.75, 3.05) is 6.61 Å². The molecule has 0 amide bonds. The topological polar surface area (TPSA) is 55.5 Å². The number of aromatic hydroxyl groups is 1. The van der Waals surface area contributed by atoms with Gasteiger partial charge in [0.15, 0.2) is 0 Å². The smallest absolute Gasteiger partial charge is 0.123 e. The van der Waals surface area contributed by atoms with Gasteiger partial charge in [0.2, 0.25) is 0 Å². The third-order valence-electron chi connectivity index (χ3n) is 2.39. The van der Waals surface area contributed by atoms with Crippen LogP contribution in [0.5, 0.6) is 11.5 Å². The van der Waals surface area contributed by atoms with Gasteiger partial charge in [0.1, 0.15) is 18.1 Å². The maximum Gasteiger partial charge on any atom is 0.123 e. The maximum atomic E-state index is 9.66. The van der Waals surface area contributed by atoms with Crippen LogP contribution in [0.2, 0.25) is 0 Å². The van der Waals surface area contributed by atoms with E-state index in [0.29, 0.717) is 24.5 Å². The Morgan fingerprint density at radius 2 is 1.91 bits per heavy atom. The molecule has 0 heterocycles. The second-order valence-electron chi connectivity index (χ2n) is 3.76. The van der Waals surface area contributed by atoms with Crippen molar-refractivity contribution in [2.24, 2.45) is 5.73 Å². The second-order valence-corrected chi connectivity index (χ2v) is 3.76. The monoisotopic (exact) mass is 305 g/mol. The van der Waals surface area contributed by atoms with Gasteiger partial charge in [-0.2, -0.15) is 0 Å². The SMILES string of the molecule is C=C/C=C(\C=C/C)COc1ccc(CN)c(O)c1.CC.CC. The minimum atomic E-state index is 0.162. The maximum absolute atomic E-state index is 9.66. The van der Waals surface area contributed by atoms with E-state index in [1.165, 1.54) is 0 Å². The molecule has 0 saturated heterocycles. The predicted octanol–water partition coefficient (Wildman–Crippen LogP) is 4.97. The summed E-state index contributed by atoms with van der Waals surface area (Å²) in [5.41, 5.74) is 7.19. The summed E-state index contributed by atoms with van der Waals surface area (Å²) in [6, 6.07) is 5.13. The van der Waals surface area contributed by atoms with E-state index in [-0.39, 0.29) is 5.75 Å². The molecule has 0 spiro atoms. The molecular formula is C19H31NO2. The Balaban J connectivity index is 0. The molecule has 3 nitrogen and oxygen atoms in total. The Kier molecular flexibility index (Phi) is 15.6. The van der Waals surface area contributed by atoms with Gasteiger partial charge in [0.05, 0.1) is 0 Å². The Morgan fingerprint density at radius 3 is 2.36 bits per heavy atom. The van der Waals surface area contributed by atoms with Crippen LogP contribution >= 0.6 is 0 Å². The van der Waals surface area contributed by atoms with Crippen LogP contribution in [0.3, 0.4) is 0 Å². The average molecular weight is 305 g/mol. The second kappa shape index (κ2) is 15.4. The van der Waals surface area contributed by atoms with Crippen molar-refractivity contribution in [1.82, 2.24) is 0 Å². The van der Waals surface area contributed by atoms with Crippen molar-refractivity contribution in [3.05, 3.63) is 60.2 Å². The van der Waals surface area contributed by atoms with Crippen LogP contribution < -0.4 is 10.5 Å². The highest BCUT2D eigenvalue weighted by atomic mass is 16.5. The summed E-state index contributed by atoms with van der Waals surface area (Å²) >= 11 is 0. The van der Waals surface area contributed by atoms with Gasteiger partial charge >= 0.3 is 0 Å². The molecule has 0 radical (unpaired) electrons. The lowest BCUT2D eigenvalue weighted by atomic mass is 10.2.